The third-order valence-corrected chi connectivity index (χ3v) is 12.9. The zero-order chi connectivity index (χ0) is 46.5. The van der Waals surface area contributed by atoms with E-state index in [-0.39, 0.29) is 18.5 Å². The summed E-state index contributed by atoms with van der Waals surface area (Å²) in [6, 6.07) is -0.650. The molecule has 0 bridgehead atoms. The van der Waals surface area contributed by atoms with Crippen LogP contribution in [0.15, 0.2) is 36.5 Å². The first kappa shape index (κ1) is 62.1. The van der Waals surface area contributed by atoms with Crippen LogP contribution < -0.4 is 5.32 Å². The molecule has 0 aliphatic rings. The molecule has 376 valence electrons. The van der Waals surface area contributed by atoms with Crippen LogP contribution >= 0.6 is 0 Å². The van der Waals surface area contributed by atoms with Crippen molar-refractivity contribution in [1.82, 2.24) is 5.32 Å². The highest BCUT2D eigenvalue weighted by Gasteiger charge is 2.18. The zero-order valence-corrected chi connectivity index (χ0v) is 42.8. The fraction of sp³-hybridized carbons (Fsp3) is 0.862. The second kappa shape index (κ2) is 53.7. The predicted molar refractivity (Wildman–Crippen MR) is 278 cm³/mol. The fourth-order valence-electron chi connectivity index (χ4n) is 8.55. The Kier molecular flexibility index (Phi) is 52.1. The molecule has 3 N–H and O–H groups in total. The van der Waals surface area contributed by atoms with Crippen molar-refractivity contribution < 1.29 is 24.5 Å². The van der Waals surface area contributed by atoms with Crippen LogP contribution in [0.4, 0.5) is 0 Å². The number of aliphatic hydroxyl groups is 2. The summed E-state index contributed by atoms with van der Waals surface area (Å²) in [6.45, 7) is 4.82. The van der Waals surface area contributed by atoms with Gasteiger partial charge in [0.1, 0.15) is 0 Å². The van der Waals surface area contributed by atoms with E-state index in [1.807, 2.05) is 6.08 Å². The lowest BCUT2D eigenvalue weighted by molar-refractivity contribution is -0.143. The van der Waals surface area contributed by atoms with E-state index < -0.39 is 12.1 Å². The number of hydrogen-bond donors (Lipinski definition) is 3. The van der Waals surface area contributed by atoms with Crippen molar-refractivity contribution in [2.75, 3.05) is 13.2 Å². The lowest BCUT2D eigenvalue weighted by Gasteiger charge is -2.20. The molecule has 0 aliphatic carbocycles. The Hall–Kier alpha value is -1.92. The summed E-state index contributed by atoms with van der Waals surface area (Å²) in [5, 5.41) is 23.1. The van der Waals surface area contributed by atoms with Crippen molar-refractivity contribution in [3.05, 3.63) is 36.5 Å². The molecule has 2 unspecified atom stereocenters. The Balaban J connectivity index is 3.53. The summed E-state index contributed by atoms with van der Waals surface area (Å²) in [5.74, 6) is -0.136. The van der Waals surface area contributed by atoms with Crippen LogP contribution in [0.1, 0.15) is 296 Å². The normalized spacial score (nSPS) is 12.9. The molecule has 0 rings (SSSR count). The van der Waals surface area contributed by atoms with Gasteiger partial charge >= 0.3 is 5.97 Å². The van der Waals surface area contributed by atoms with Crippen molar-refractivity contribution in [2.24, 2.45) is 0 Å². The minimum absolute atomic E-state index is 0.0409. The second-order valence-corrected chi connectivity index (χ2v) is 19.3. The van der Waals surface area contributed by atoms with Crippen molar-refractivity contribution >= 4 is 11.9 Å². The first-order chi connectivity index (χ1) is 31.5. The van der Waals surface area contributed by atoms with Crippen LogP contribution in [0.3, 0.4) is 0 Å². The minimum atomic E-state index is -0.864. The smallest absolute Gasteiger partial charge is 0.305 e. The largest absolute Gasteiger partial charge is 0.466 e. The molecule has 0 aromatic carbocycles. The number of carbonyl (C=O) groups is 2. The Bertz CT molecular complexity index is 1040. The van der Waals surface area contributed by atoms with Crippen LogP contribution in [-0.2, 0) is 14.3 Å². The van der Waals surface area contributed by atoms with E-state index in [0.717, 1.165) is 70.6 Å². The Morgan fingerprint density at radius 1 is 0.438 bits per heavy atom. The van der Waals surface area contributed by atoms with Gasteiger partial charge < -0.3 is 20.3 Å². The number of ether oxygens (including phenoxy) is 1. The highest BCUT2D eigenvalue weighted by atomic mass is 16.5. The number of carbonyl (C=O) groups excluding carboxylic acids is 2. The van der Waals surface area contributed by atoms with Crippen LogP contribution in [-0.4, -0.2) is 47.4 Å². The average Bonchev–Trinajstić information content (AvgIpc) is 3.29. The summed E-state index contributed by atoms with van der Waals surface area (Å²) >= 11 is 0. The van der Waals surface area contributed by atoms with Gasteiger partial charge in [-0.3, -0.25) is 9.59 Å². The van der Waals surface area contributed by atoms with Crippen molar-refractivity contribution in [2.45, 2.75) is 309 Å². The van der Waals surface area contributed by atoms with Gasteiger partial charge in [-0.25, -0.2) is 0 Å². The summed E-state index contributed by atoms with van der Waals surface area (Å²) in [5.41, 5.74) is 0. The monoisotopic (exact) mass is 900 g/mol. The van der Waals surface area contributed by atoms with Gasteiger partial charge in [0.15, 0.2) is 0 Å². The fourth-order valence-corrected chi connectivity index (χ4v) is 8.55. The molecule has 0 fully saturated rings. The van der Waals surface area contributed by atoms with Gasteiger partial charge in [-0.2, -0.15) is 0 Å². The Morgan fingerprint density at radius 3 is 1.22 bits per heavy atom. The van der Waals surface area contributed by atoms with Crippen molar-refractivity contribution in [3.63, 3.8) is 0 Å². The highest BCUT2D eigenvalue weighted by Crippen LogP contribution is 2.17. The molecule has 0 saturated carbocycles. The number of unbranched alkanes of at least 4 members (excludes halogenated alkanes) is 37. The number of hydrogen-bond acceptors (Lipinski definition) is 5. The summed E-state index contributed by atoms with van der Waals surface area (Å²) in [6.07, 6.45) is 65.9. The molecule has 6 heteroatoms. The van der Waals surface area contributed by atoms with E-state index in [2.05, 4.69) is 43.5 Å². The maximum absolute atomic E-state index is 12.5. The van der Waals surface area contributed by atoms with Crippen molar-refractivity contribution in [3.8, 4) is 0 Å². The number of allylic oxidation sites excluding steroid dienone is 5. The van der Waals surface area contributed by atoms with E-state index in [4.69, 9.17) is 4.74 Å². The Labute approximate surface area is 398 Å². The molecule has 2 atom stereocenters. The topological polar surface area (TPSA) is 95.9 Å². The number of nitrogens with one attached hydrogen (secondary N) is 1. The molecular weight excluding hydrogens is 791 g/mol. The molecule has 6 nitrogen and oxygen atoms in total. The first-order valence-corrected chi connectivity index (χ1v) is 28.3. The molecule has 1 amide bonds. The SMILES string of the molecule is CCCCC/C=C\C/C=C\CCCCCCCC(=O)OCCCCCCCCCCCC(=O)NC(CO)C(O)/C=C/CCCCCCCCCCCCCCCCCCCCCCC. The first-order valence-electron chi connectivity index (χ1n) is 28.3. The summed E-state index contributed by atoms with van der Waals surface area (Å²) < 4.78 is 5.45. The van der Waals surface area contributed by atoms with Gasteiger partial charge in [-0.05, 0) is 64.2 Å². The third kappa shape index (κ3) is 49.5. The van der Waals surface area contributed by atoms with Crippen LogP contribution in [0.2, 0.25) is 0 Å². The molecule has 0 saturated heterocycles. The van der Waals surface area contributed by atoms with Gasteiger partial charge in [-0.1, -0.05) is 256 Å². The molecule has 0 aromatic rings. The van der Waals surface area contributed by atoms with E-state index in [0.29, 0.717) is 19.4 Å². The summed E-state index contributed by atoms with van der Waals surface area (Å²) in [4.78, 5) is 24.5. The number of rotatable bonds is 52. The van der Waals surface area contributed by atoms with Gasteiger partial charge in [0, 0.05) is 12.8 Å². The molecular formula is C58H109NO5. The predicted octanol–water partition coefficient (Wildman–Crippen LogP) is 17.2. The zero-order valence-electron chi connectivity index (χ0n) is 42.8. The van der Waals surface area contributed by atoms with E-state index in [1.165, 1.54) is 199 Å². The van der Waals surface area contributed by atoms with E-state index >= 15 is 0 Å². The minimum Gasteiger partial charge on any atom is -0.466 e. The lowest BCUT2D eigenvalue weighted by Crippen LogP contribution is -2.45. The van der Waals surface area contributed by atoms with Crippen LogP contribution in [0, 0.1) is 0 Å². The molecule has 0 heterocycles. The van der Waals surface area contributed by atoms with Gasteiger partial charge in [0.25, 0.3) is 0 Å². The number of aliphatic hydroxyl groups excluding tert-OH is 2. The van der Waals surface area contributed by atoms with Gasteiger partial charge in [-0.15, -0.1) is 0 Å². The van der Waals surface area contributed by atoms with Crippen LogP contribution in [0.5, 0.6) is 0 Å². The quantitative estimate of drug-likeness (QED) is 0.0321. The van der Waals surface area contributed by atoms with Gasteiger partial charge in [0.2, 0.25) is 5.91 Å². The Morgan fingerprint density at radius 2 is 0.781 bits per heavy atom. The summed E-state index contributed by atoms with van der Waals surface area (Å²) in [7, 11) is 0. The molecule has 0 aliphatic heterocycles. The lowest BCUT2D eigenvalue weighted by atomic mass is 10.0. The maximum atomic E-state index is 12.5. The number of esters is 1. The molecule has 0 spiro atoms. The van der Waals surface area contributed by atoms with E-state index in [9.17, 15) is 19.8 Å². The molecule has 64 heavy (non-hydrogen) atoms. The van der Waals surface area contributed by atoms with Gasteiger partial charge in [0.05, 0.1) is 25.4 Å². The van der Waals surface area contributed by atoms with Crippen LogP contribution in [0.25, 0.3) is 0 Å². The highest BCUT2D eigenvalue weighted by molar-refractivity contribution is 5.76. The maximum Gasteiger partial charge on any atom is 0.305 e. The average molecular weight is 901 g/mol. The van der Waals surface area contributed by atoms with Crippen molar-refractivity contribution in [1.29, 1.82) is 0 Å². The molecule has 0 aromatic heterocycles. The molecule has 0 radical (unpaired) electrons. The number of amides is 1. The standard InChI is InChI=1S/C58H109NO5/c1-3-5-7-9-11-13-15-17-19-20-21-22-23-24-25-26-28-29-31-34-38-42-46-50-56(61)55(54-60)59-57(62)51-47-43-39-35-33-37-41-45-49-53-64-58(63)52-48-44-40-36-32-30-27-18-16-14-12-10-8-6-4-2/h12,14,18,27,46,50,55-56,60-61H,3-11,13,15-17,19-26,28-45,47-49,51-54H2,1-2H3,(H,59,62)/b14-12-,27-18-,50-46+. The van der Waals surface area contributed by atoms with E-state index in [1.54, 1.807) is 6.08 Å². The third-order valence-electron chi connectivity index (χ3n) is 12.9. The second-order valence-electron chi connectivity index (χ2n) is 19.3.